The van der Waals surface area contributed by atoms with Gasteiger partial charge >= 0.3 is 0 Å². The summed E-state index contributed by atoms with van der Waals surface area (Å²) in [7, 11) is 0. The van der Waals surface area contributed by atoms with Crippen LogP contribution >= 0.6 is 0 Å². The lowest BCUT2D eigenvalue weighted by Crippen LogP contribution is -2.48. The van der Waals surface area contributed by atoms with Gasteiger partial charge in [-0.2, -0.15) is 0 Å². The van der Waals surface area contributed by atoms with Gasteiger partial charge in [0, 0.05) is 31.9 Å². The van der Waals surface area contributed by atoms with Gasteiger partial charge in [0.05, 0.1) is 6.54 Å². The molecule has 1 amide bonds. The Morgan fingerprint density at radius 3 is 2.35 bits per heavy atom. The minimum atomic E-state index is -0.296. The van der Waals surface area contributed by atoms with E-state index in [1.54, 1.807) is 12.1 Å². The normalized spacial score (nSPS) is 17.1. The average Bonchev–Trinajstić information content (AvgIpc) is 2.44. The minimum Gasteiger partial charge on any atom is -0.325 e. The maximum absolute atomic E-state index is 12.8. The van der Waals surface area contributed by atoms with E-state index in [1.165, 1.54) is 18.6 Å². The minimum absolute atomic E-state index is 0.0412. The Kier molecular flexibility index (Phi) is 5.49. The van der Waals surface area contributed by atoms with E-state index in [2.05, 4.69) is 22.0 Å². The van der Waals surface area contributed by atoms with Crippen molar-refractivity contribution < 1.29 is 9.18 Å². The zero-order valence-corrected chi connectivity index (χ0v) is 11.9. The number of carbonyl (C=O) groups is 1. The van der Waals surface area contributed by atoms with Gasteiger partial charge in [-0.05, 0) is 37.2 Å². The van der Waals surface area contributed by atoms with Crippen LogP contribution < -0.4 is 5.32 Å². The zero-order valence-electron chi connectivity index (χ0n) is 11.9. The summed E-state index contributed by atoms with van der Waals surface area (Å²) in [6.45, 7) is 7.62. The molecule has 1 fully saturated rings. The molecule has 2 rings (SSSR count). The Morgan fingerprint density at radius 2 is 1.75 bits per heavy atom. The molecule has 1 aromatic rings. The van der Waals surface area contributed by atoms with Crippen LogP contribution in [0.1, 0.15) is 13.3 Å². The van der Waals surface area contributed by atoms with Crippen molar-refractivity contribution in [2.45, 2.75) is 13.3 Å². The first-order valence-electron chi connectivity index (χ1n) is 7.17. The lowest BCUT2D eigenvalue weighted by Gasteiger charge is -2.34. The molecular weight excluding hydrogens is 257 g/mol. The molecule has 0 radical (unpaired) electrons. The quantitative estimate of drug-likeness (QED) is 0.892. The van der Waals surface area contributed by atoms with Crippen molar-refractivity contribution in [3.63, 3.8) is 0 Å². The van der Waals surface area contributed by atoms with Gasteiger partial charge in [0.1, 0.15) is 5.82 Å². The second-order valence-electron chi connectivity index (χ2n) is 5.17. The van der Waals surface area contributed by atoms with E-state index in [-0.39, 0.29) is 11.7 Å². The molecule has 1 N–H and O–H groups in total. The second kappa shape index (κ2) is 7.36. The van der Waals surface area contributed by atoms with Gasteiger partial charge < -0.3 is 10.2 Å². The molecule has 1 aliphatic heterocycles. The lowest BCUT2D eigenvalue weighted by molar-refractivity contribution is -0.117. The molecule has 1 heterocycles. The summed E-state index contributed by atoms with van der Waals surface area (Å²) in [5.74, 6) is -0.337. The number of rotatable bonds is 5. The van der Waals surface area contributed by atoms with Crippen molar-refractivity contribution >= 4 is 11.6 Å². The summed E-state index contributed by atoms with van der Waals surface area (Å²) in [5.41, 5.74) is 0.640. The number of hydrogen-bond donors (Lipinski definition) is 1. The van der Waals surface area contributed by atoms with E-state index in [9.17, 15) is 9.18 Å². The van der Waals surface area contributed by atoms with Crippen LogP contribution in [0, 0.1) is 5.82 Å². The van der Waals surface area contributed by atoms with E-state index >= 15 is 0 Å². The topological polar surface area (TPSA) is 35.6 Å². The van der Waals surface area contributed by atoms with E-state index in [4.69, 9.17) is 0 Å². The third-order valence-corrected chi connectivity index (χ3v) is 3.50. The van der Waals surface area contributed by atoms with Gasteiger partial charge in [0.25, 0.3) is 0 Å². The van der Waals surface area contributed by atoms with Gasteiger partial charge in [-0.15, -0.1) is 0 Å². The molecule has 0 unspecified atom stereocenters. The van der Waals surface area contributed by atoms with E-state index in [0.717, 1.165) is 32.7 Å². The molecule has 1 saturated heterocycles. The molecule has 0 bridgehead atoms. The Morgan fingerprint density at radius 1 is 1.15 bits per heavy atom. The lowest BCUT2D eigenvalue weighted by atomic mass is 10.3. The van der Waals surface area contributed by atoms with Gasteiger partial charge in [0.2, 0.25) is 5.91 Å². The highest BCUT2D eigenvalue weighted by Gasteiger charge is 2.18. The van der Waals surface area contributed by atoms with E-state index < -0.39 is 0 Å². The monoisotopic (exact) mass is 279 g/mol. The summed E-state index contributed by atoms with van der Waals surface area (Å²) in [6, 6.07) is 5.84. The average molecular weight is 279 g/mol. The van der Waals surface area contributed by atoms with Gasteiger partial charge in [-0.1, -0.05) is 6.92 Å². The first kappa shape index (κ1) is 14.9. The Hall–Kier alpha value is -1.46. The van der Waals surface area contributed by atoms with Crippen LogP contribution in [0.2, 0.25) is 0 Å². The van der Waals surface area contributed by atoms with Crippen molar-refractivity contribution in [1.29, 1.82) is 0 Å². The van der Waals surface area contributed by atoms with Crippen LogP contribution in [0.15, 0.2) is 24.3 Å². The molecular formula is C15H22FN3O. The van der Waals surface area contributed by atoms with Gasteiger partial charge in [-0.25, -0.2) is 4.39 Å². The number of halogens is 1. The highest BCUT2D eigenvalue weighted by Crippen LogP contribution is 2.08. The fraction of sp³-hybridized carbons (Fsp3) is 0.533. The molecule has 0 saturated carbocycles. The fourth-order valence-electron chi connectivity index (χ4n) is 2.42. The number of piperazine rings is 1. The maximum Gasteiger partial charge on any atom is 0.238 e. The molecule has 1 aromatic carbocycles. The largest absolute Gasteiger partial charge is 0.325 e. The number of benzene rings is 1. The fourth-order valence-corrected chi connectivity index (χ4v) is 2.42. The number of carbonyl (C=O) groups excluding carboxylic acids is 1. The van der Waals surface area contributed by atoms with Gasteiger partial charge in [0.15, 0.2) is 0 Å². The predicted molar refractivity (Wildman–Crippen MR) is 78.2 cm³/mol. The first-order chi connectivity index (χ1) is 9.67. The van der Waals surface area contributed by atoms with E-state index in [1.807, 2.05) is 0 Å². The van der Waals surface area contributed by atoms with Crippen LogP contribution in [0.3, 0.4) is 0 Å². The van der Waals surface area contributed by atoms with Crippen LogP contribution in [0.5, 0.6) is 0 Å². The number of nitrogens with one attached hydrogen (secondary N) is 1. The summed E-state index contributed by atoms with van der Waals surface area (Å²) in [5, 5.41) is 2.79. The van der Waals surface area contributed by atoms with Crippen LogP contribution in [0.4, 0.5) is 10.1 Å². The van der Waals surface area contributed by atoms with Gasteiger partial charge in [-0.3, -0.25) is 9.69 Å². The van der Waals surface area contributed by atoms with Crippen molar-refractivity contribution in [3.8, 4) is 0 Å². The summed E-state index contributed by atoms with van der Waals surface area (Å²) in [4.78, 5) is 16.5. The molecule has 0 atom stereocenters. The van der Waals surface area contributed by atoms with E-state index in [0.29, 0.717) is 12.2 Å². The second-order valence-corrected chi connectivity index (χ2v) is 5.17. The first-order valence-corrected chi connectivity index (χ1v) is 7.17. The van der Waals surface area contributed by atoms with Crippen molar-refractivity contribution in [1.82, 2.24) is 9.80 Å². The summed E-state index contributed by atoms with van der Waals surface area (Å²) in [6.07, 6.45) is 1.17. The Bertz CT molecular complexity index is 427. The highest BCUT2D eigenvalue weighted by molar-refractivity contribution is 5.92. The predicted octanol–water partition coefficient (Wildman–Crippen LogP) is 1.79. The standard InChI is InChI=1S/C15H22FN3O/c1-2-7-18-8-10-19(11-9-18)12-15(20)17-14-5-3-13(16)4-6-14/h3-6H,2,7-12H2,1H3,(H,17,20). The highest BCUT2D eigenvalue weighted by atomic mass is 19.1. The molecule has 110 valence electrons. The zero-order chi connectivity index (χ0) is 14.4. The third-order valence-electron chi connectivity index (χ3n) is 3.50. The molecule has 4 nitrogen and oxygen atoms in total. The van der Waals surface area contributed by atoms with Crippen molar-refractivity contribution in [2.24, 2.45) is 0 Å². The molecule has 0 spiro atoms. The molecule has 0 aliphatic carbocycles. The Labute approximate surface area is 119 Å². The maximum atomic E-state index is 12.8. The number of hydrogen-bond acceptors (Lipinski definition) is 3. The number of amides is 1. The van der Waals surface area contributed by atoms with Crippen LogP contribution in [0.25, 0.3) is 0 Å². The molecule has 1 aliphatic rings. The number of anilines is 1. The molecule has 0 aromatic heterocycles. The third kappa shape index (κ3) is 4.58. The van der Waals surface area contributed by atoms with Crippen LogP contribution in [-0.2, 0) is 4.79 Å². The van der Waals surface area contributed by atoms with Crippen molar-refractivity contribution in [2.75, 3.05) is 44.6 Å². The van der Waals surface area contributed by atoms with Crippen molar-refractivity contribution in [3.05, 3.63) is 30.1 Å². The number of nitrogens with zero attached hydrogens (tertiary/aromatic N) is 2. The summed E-state index contributed by atoms with van der Waals surface area (Å²) < 4.78 is 12.8. The summed E-state index contributed by atoms with van der Waals surface area (Å²) >= 11 is 0. The molecule has 5 heteroatoms. The molecule has 20 heavy (non-hydrogen) atoms. The Balaban J connectivity index is 1.74. The van der Waals surface area contributed by atoms with Crippen LogP contribution in [-0.4, -0.2) is 55.0 Å². The SMILES string of the molecule is CCCN1CCN(CC(=O)Nc2ccc(F)cc2)CC1. The smallest absolute Gasteiger partial charge is 0.238 e.